The molecule has 0 aliphatic rings. The van der Waals surface area contributed by atoms with Crippen LogP contribution >= 0.6 is 19.4 Å². The Hall–Kier alpha value is -0.680. The third kappa shape index (κ3) is 15.3. The van der Waals surface area contributed by atoms with E-state index in [2.05, 4.69) is 45.1 Å². The van der Waals surface area contributed by atoms with E-state index in [0.717, 1.165) is 18.0 Å². The maximum absolute atomic E-state index is 8.77. The van der Waals surface area contributed by atoms with Crippen molar-refractivity contribution in [2.75, 3.05) is 26.2 Å². The molecule has 0 saturated heterocycles. The second kappa shape index (κ2) is 15.2. The van der Waals surface area contributed by atoms with Crippen LogP contribution in [0.5, 0.6) is 0 Å². The van der Waals surface area contributed by atoms with Crippen molar-refractivity contribution >= 4 is 19.4 Å². The number of halogens is 1. The minimum atomic E-state index is -4.89. The molecule has 0 amide bonds. The van der Waals surface area contributed by atoms with Gasteiger partial charge in [-0.2, -0.15) is 0 Å². The minimum absolute atomic E-state index is 0.813. The Labute approximate surface area is 175 Å². The quantitative estimate of drug-likeness (QED) is 0.216. The van der Waals surface area contributed by atoms with Crippen molar-refractivity contribution in [1.29, 1.82) is 0 Å². The molecular formula is C21H37ClNO4P. The summed E-state index contributed by atoms with van der Waals surface area (Å²) < 4.78 is 10.00. The van der Waals surface area contributed by atoms with Crippen LogP contribution in [0.15, 0.2) is 36.4 Å². The molecule has 0 aliphatic heterocycles. The maximum Gasteiger partial charge on any atom is 0.262 e. The molecule has 5 nitrogen and oxygen atoms in total. The summed E-state index contributed by atoms with van der Waals surface area (Å²) in [6, 6.07) is 8.17. The molecular weight excluding hydrogens is 397 g/mol. The molecule has 162 valence electrons. The molecule has 28 heavy (non-hydrogen) atoms. The van der Waals surface area contributed by atoms with Crippen molar-refractivity contribution < 1.29 is 23.7 Å². The van der Waals surface area contributed by atoms with Gasteiger partial charge >= 0.3 is 0 Å². The van der Waals surface area contributed by atoms with Crippen molar-refractivity contribution in [2.45, 2.75) is 59.3 Å². The largest absolute Gasteiger partial charge is 0.756 e. The lowest BCUT2D eigenvalue weighted by Gasteiger charge is -2.36. The van der Waals surface area contributed by atoms with Crippen molar-refractivity contribution in [2.24, 2.45) is 0 Å². The number of phosphoric acid groups is 1. The molecule has 1 rings (SSSR count). The first kappa shape index (κ1) is 27.3. The van der Waals surface area contributed by atoms with E-state index in [1.165, 1.54) is 61.8 Å². The van der Waals surface area contributed by atoms with E-state index in [9.17, 15) is 0 Å². The Balaban J connectivity index is 0.00000129. The zero-order valence-corrected chi connectivity index (χ0v) is 19.2. The summed E-state index contributed by atoms with van der Waals surface area (Å²) in [6.45, 7) is 11.9. The average molecular weight is 434 g/mol. The van der Waals surface area contributed by atoms with Crippen molar-refractivity contribution in [1.82, 2.24) is 0 Å². The highest BCUT2D eigenvalue weighted by Gasteiger charge is 2.20. The van der Waals surface area contributed by atoms with E-state index >= 15 is 0 Å². The van der Waals surface area contributed by atoms with Gasteiger partial charge < -0.3 is 19.2 Å². The van der Waals surface area contributed by atoms with Crippen molar-refractivity contribution in [3.8, 4) is 0 Å². The van der Waals surface area contributed by atoms with Crippen LogP contribution in [0.2, 0.25) is 5.02 Å². The first-order valence-electron chi connectivity index (χ1n) is 10.2. The molecule has 0 aliphatic carbocycles. The fourth-order valence-electron chi connectivity index (χ4n) is 3.08. The first-order valence-corrected chi connectivity index (χ1v) is 12.1. The molecule has 0 unspecified atom stereocenters. The van der Waals surface area contributed by atoms with E-state index in [0.29, 0.717) is 0 Å². The summed E-state index contributed by atoms with van der Waals surface area (Å²) in [6.07, 6.45) is 12.6. The van der Waals surface area contributed by atoms with Crippen LogP contribution in [0.3, 0.4) is 0 Å². The predicted octanol–water partition coefficient (Wildman–Crippen LogP) is 4.71. The van der Waals surface area contributed by atoms with E-state index < -0.39 is 7.82 Å². The molecule has 0 heterocycles. The van der Waals surface area contributed by atoms with Crippen LogP contribution in [-0.4, -0.2) is 40.4 Å². The van der Waals surface area contributed by atoms with Crippen LogP contribution in [0.4, 0.5) is 0 Å². The highest BCUT2D eigenvalue weighted by atomic mass is 35.5. The number of nitrogens with zero attached hydrogens (tertiary/aromatic N) is 1. The summed E-state index contributed by atoms with van der Waals surface area (Å²) in [5, 5.41) is 0.813. The van der Waals surface area contributed by atoms with Gasteiger partial charge in [-0.1, -0.05) is 56.0 Å². The average Bonchev–Trinajstić information content (AvgIpc) is 2.63. The smallest absolute Gasteiger partial charge is 0.262 e. The zero-order chi connectivity index (χ0) is 21.5. The monoisotopic (exact) mass is 433 g/mol. The van der Waals surface area contributed by atoms with E-state index in [4.69, 9.17) is 30.8 Å². The summed E-state index contributed by atoms with van der Waals surface area (Å²) in [7, 11) is -4.89. The van der Waals surface area contributed by atoms with Gasteiger partial charge in [-0.05, 0) is 56.9 Å². The number of quaternary nitrogens is 1. The van der Waals surface area contributed by atoms with Crippen LogP contribution in [0, 0.1) is 0 Å². The third-order valence-electron chi connectivity index (χ3n) is 5.00. The molecule has 1 aromatic rings. The third-order valence-corrected chi connectivity index (χ3v) is 5.26. The number of likely N-dealkylation sites (N-methyl/N-ethyl adjacent to an activating group) is 1. The summed E-state index contributed by atoms with van der Waals surface area (Å²) in [5.74, 6) is 0. The second-order valence-electron chi connectivity index (χ2n) is 7.09. The van der Waals surface area contributed by atoms with Gasteiger partial charge in [0.25, 0.3) is 7.82 Å². The molecule has 0 spiro atoms. The van der Waals surface area contributed by atoms with Gasteiger partial charge in [-0.25, -0.2) is 0 Å². The van der Waals surface area contributed by atoms with Crippen molar-refractivity contribution in [3.05, 3.63) is 47.0 Å². The number of benzene rings is 1. The summed E-state index contributed by atoms with van der Waals surface area (Å²) >= 11 is 5.93. The Morgan fingerprint density at radius 2 is 1.54 bits per heavy atom. The van der Waals surface area contributed by atoms with Crippen LogP contribution in [0.25, 0.3) is 0 Å². The Morgan fingerprint density at radius 1 is 1.00 bits per heavy atom. The number of allylic oxidation sites excluding steroid dienone is 1. The van der Waals surface area contributed by atoms with Gasteiger partial charge in [-0.3, -0.25) is 4.57 Å². The molecule has 0 fully saturated rings. The molecule has 0 saturated carbocycles. The van der Waals surface area contributed by atoms with Crippen molar-refractivity contribution in [3.63, 3.8) is 0 Å². The first-order chi connectivity index (χ1) is 13.2. The normalized spacial score (nSPS) is 12.1. The molecule has 2 N–H and O–H groups in total. The second-order valence-corrected chi connectivity index (χ2v) is 8.50. The molecule has 0 atom stereocenters. The lowest BCUT2D eigenvalue weighted by Crippen LogP contribution is -2.48. The molecule has 0 bridgehead atoms. The fourth-order valence-corrected chi connectivity index (χ4v) is 3.20. The van der Waals surface area contributed by atoms with Crippen LogP contribution in [-0.2, 0) is 11.0 Å². The fraction of sp³-hybridized carbons (Fsp3) is 0.619. The highest BCUT2D eigenvalue weighted by molar-refractivity contribution is 7.43. The van der Waals surface area contributed by atoms with Gasteiger partial charge in [0, 0.05) is 5.02 Å². The zero-order valence-electron chi connectivity index (χ0n) is 17.5. The summed E-state index contributed by atoms with van der Waals surface area (Å²) in [5.41, 5.74) is 1.33. The minimum Gasteiger partial charge on any atom is -0.756 e. The Bertz CT molecular complexity index is 574. The Morgan fingerprint density at radius 3 is 2.04 bits per heavy atom. The van der Waals surface area contributed by atoms with Crippen LogP contribution < -0.4 is 4.89 Å². The summed E-state index contributed by atoms with van der Waals surface area (Å²) in [4.78, 5) is 22.9. The number of hydrogen-bond acceptors (Lipinski definition) is 2. The van der Waals surface area contributed by atoms with Gasteiger partial charge in [0.2, 0.25) is 0 Å². The SMILES string of the molecule is CCCCCCC[N+](CC)(CC)C/C=C/Cc1ccc(Cl)cc1.O=P([O-])(O)O. The standard InChI is InChI=1S/C21H35ClN.H3O4P/c1-4-7-8-9-11-18-23(5-2,6-3)19-12-10-13-20-14-16-21(22)17-15-20;1-5(2,3)4/h10,12,14-17H,4-9,11,13,18-19H2,1-3H3;(H3,1,2,3,4)/q+1;/p-1/b12-10+;. The van der Waals surface area contributed by atoms with Crippen LogP contribution in [0.1, 0.15) is 58.4 Å². The molecule has 0 aromatic heterocycles. The lowest BCUT2D eigenvalue weighted by atomic mass is 10.1. The maximum atomic E-state index is 8.77. The Kier molecular flexibility index (Phi) is 14.8. The highest BCUT2D eigenvalue weighted by Crippen LogP contribution is 2.19. The van der Waals surface area contributed by atoms with Gasteiger partial charge in [0.1, 0.15) is 0 Å². The van der Waals surface area contributed by atoms with Gasteiger partial charge in [0.15, 0.2) is 0 Å². The molecule has 0 radical (unpaired) electrons. The van der Waals surface area contributed by atoms with E-state index in [-0.39, 0.29) is 0 Å². The molecule has 1 aromatic carbocycles. The van der Waals surface area contributed by atoms with Gasteiger partial charge in [0.05, 0.1) is 26.2 Å². The topological polar surface area (TPSA) is 80.6 Å². The van der Waals surface area contributed by atoms with Gasteiger partial charge in [-0.15, -0.1) is 0 Å². The molecule has 7 heteroatoms. The van der Waals surface area contributed by atoms with E-state index in [1.807, 2.05) is 12.1 Å². The number of rotatable bonds is 12. The lowest BCUT2D eigenvalue weighted by molar-refractivity contribution is -0.919. The number of unbranched alkanes of at least 4 members (excludes halogenated alkanes) is 4. The number of hydrogen-bond donors (Lipinski definition) is 2. The predicted molar refractivity (Wildman–Crippen MR) is 116 cm³/mol. The van der Waals surface area contributed by atoms with E-state index in [1.54, 1.807) is 0 Å².